The van der Waals surface area contributed by atoms with Crippen molar-refractivity contribution in [2.45, 2.75) is 50.1 Å². The molecule has 4 N–H and O–H groups in total. The molecule has 1 unspecified atom stereocenters. The molecule has 0 bridgehead atoms. The highest BCUT2D eigenvalue weighted by Crippen LogP contribution is 2.30. The third kappa shape index (κ3) is 4.05. The Hall–Kier alpha value is -1.40. The van der Waals surface area contributed by atoms with Gasteiger partial charge in [-0.05, 0) is 24.3 Å². The summed E-state index contributed by atoms with van der Waals surface area (Å²) in [4.78, 5) is 23.9. The highest BCUT2D eigenvalue weighted by Gasteiger charge is 2.32. The summed E-state index contributed by atoms with van der Waals surface area (Å²) in [6.45, 7) is 0. The third-order valence-electron chi connectivity index (χ3n) is 3.71. The molecule has 0 aliphatic heterocycles. The number of hydrogen-bond donors (Lipinski definition) is 3. The topological polar surface area (TPSA) is 92.4 Å². The molecule has 20 heavy (non-hydrogen) atoms. The van der Waals surface area contributed by atoms with Crippen molar-refractivity contribution in [1.82, 2.24) is 5.32 Å². The Morgan fingerprint density at radius 1 is 1.45 bits per heavy atom. The maximum absolute atomic E-state index is 12.1. The van der Waals surface area contributed by atoms with E-state index in [1.165, 1.54) is 11.3 Å². The quantitative estimate of drug-likeness (QED) is 0.749. The van der Waals surface area contributed by atoms with Crippen LogP contribution in [0.1, 0.15) is 49.4 Å². The zero-order chi connectivity index (χ0) is 14.6. The van der Waals surface area contributed by atoms with Gasteiger partial charge in [0, 0.05) is 16.8 Å². The number of rotatable bonds is 6. The van der Waals surface area contributed by atoms with E-state index < -0.39 is 17.6 Å². The van der Waals surface area contributed by atoms with Crippen LogP contribution in [0.15, 0.2) is 17.5 Å². The third-order valence-corrected chi connectivity index (χ3v) is 4.70. The zero-order valence-corrected chi connectivity index (χ0v) is 12.1. The van der Waals surface area contributed by atoms with Crippen LogP contribution in [0.3, 0.4) is 0 Å². The van der Waals surface area contributed by atoms with Gasteiger partial charge in [-0.25, -0.2) is 0 Å². The number of carboxylic acids is 1. The number of nitrogens with two attached hydrogens (primary N) is 1. The largest absolute Gasteiger partial charge is 0.481 e. The molecule has 0 radical (unpaired) electrons. The summed E-state index contributed by atoms with van der Waals surface area (Å²) < 4.78 is 0. The summed E-state index contributed by atoms with van der Waals surface area (Å²) in [6, 6.07) is 3.22. The second kappa shape index (κ2) is 6.37. The summed E-state index contributed by atoms with van der Waals surface area (Å²) in [5, 5.41) is 13.6. The van der Waals surface area contributed by atoms with Crippen molar-refractivity contribution in [3.05, 3.63) is 22.4 Å². The monoisotopic (exact) mass is 296 g/mol. The van der Waals surface area contributed by atoms with Gasteiger partial charge in [0.25, 0.3) is 0 Å². The lowest BCUT2D eigenvalue weighted by Crippen LogP contribution is -2.43. The number of nitrogens with one attached hydrogen (secondary N) is 1. The fourth-order valence-corrected chi connectivity index (χ4v) is 3.49. The minimum absolute atomic E-state index is 0.107. The second-order valence-electron chi connectivity index (χ2n) is 5.48. The average Bonchev–Trinajstić information content (AvgIpc) is 2.98. The van der Waals surface area contributed by atoms with Gasteiger partial charge in [0.1, 0.15) is 0 Å². The summed E-state index contributed by atoms with van der Waals surface area (Å²) >= 11 is 1.45. The van der Waals surface area contributed by atoms with Crippen molar-refractivity contribution in [2.75, 3.05) is 0 Å². The van der Waals surface area contributed by atoms with Gasteiger partial charge in [-0.3, -0.25) is 9.59 Å². The number of carboxylic acid groups (broad SMARTS) is 1. The molecule has 1 aliphatic carbocycles. The predicted octanol–water partition coefficient (Wildman–Crippen LogP) is 2.04. The molecule has 6 heteroatoms. The van der Waals surface area contributed by atoms with E-state index in [4.69, 9.17) is 10.8 Å². The van der Waals surface area contributed by atoms with Crippen LogP contribution in [-0.4, -0.2) is 22.5 Å². The van der Waals surface area contributed by atoms with Gasteiger partial charge in [0.05, 0.1) is 12.5 Å². The Bertz CT molecular complexity index is 467. The zero-order valence-electron chi connectivity index (χ0n) is 11.3. The Morgan fingerprint density at radius 3 is 2.70 bits per heavy atom. The van der Waals surface area contributed by atoms with Crippen molar-refractivity contribution in [3.63, 3.8) is 0 Å². The lowest BCUT2D eigenvalue weighted by molar-refractivity contribution is -0.137. The smallest absolute Gasteiger partial charge is 0.305 e. The number of carbonyl (C=O) groups is 2. The van der Waals surface area contributed by atoms with E-state index in [0.717, 1.165) is 30.6 Å². The highest BCUT2D eigenvalue weighted by atomic mass is 32.1. The van der Waals surface area contributed by atoms with Crippen LogP contribution in [-0.2, 0) is 9.59 Å². The number of hydrogen-bond acceptors (Lipinski definition) is 4. The Labute approximate surface area is 122 Å². The predicted molar refractivity (Wildman–Crippen MR) is 77.5 cm³/mol. The molecule has 1 fully saturated rings. The summed E-state index contributed by atoms with van der Waals surface area (Å²) in [5.74, 6) is -1.08. The van der Waals surface area contributed by atoms with Crippen LogP contribution in [0.4, 0.5) is 0 Å². The first kappa shape index (κ1) is 15.0. The Kier molecular flexibility index (Phi) is 4.77. The highest BCUT2D eigenvalue weighted by molar-refractivity contribution is 7.10. The van der Waals surface area contributed by atoms with Crippen LogP contribution in [0, 0.1) is 0 Å². The first-order chi connectivity index (χ1) is 9.48. The summed E-state index contributed by atoms with van der Waals surface area (Å²) in [6.07, 6.45) is 4.02. The summed E-state index contributed by atoms with van der Waals surface area (Å²) in [5.41, 5.74) is 5.77. The van der Waals surface area contributed by atoms with E-state index in [1.807, 2.05) is 17.5 Å². The van der Waals surface area contributed by atoms with Gasteiger partial charge in [-0.15, -0.1) is 11.3 Å². The molecule has 0 aromatic carbocycles. The number of carbonyl (C=O) groups excluding carboxylic acids is 1. The van der Waals surface area contributed by atoms with Crippen LogP contribution >= 0.6 is 11.3 Å². The van der Waals surface area contributed by atoms with Gasteiger partial charge in [-0.2, -0.15) is 0 Å². The van der Waals surface area contributed by atoms with Gasteiger partial charge < -0.3 is 16.2 Å². The van der Waals surface area contributed by atoms with Crippen molar-refractivity contribution in [3.8, 4) is 0 Å². The van der Waals surface area contributed by atoms with E-state index >= 15 is 0 Å². The van der Waals surface area contributed by atoms with E-state index in [1.54, 1.807) is 0 Å². The van der Waals surface area contributed by atoms with Crippen molar-refractivity contribution in [1.29, 1.82) is 0 Å². The molecule has 1 heterocycles. The molecule has 2 rings (SSSR count). The first-order valence-corrected chi connectivity index (χ1v) is 7.70. The molecular formula is C14H20N2O3S. The van der Waals surface area contributed by atoms with Crippen LogP contribution in [0.25, 0.3) is 0 Å². The number of thiophene rings is 1. The SMILES string of the molecule is NC1(CC(=O)NC(CC(=O)O)c2cccs2)CCCC1. The van der Waals surface area contributed by atoms with Gasteiger partial charge in [-0.1, -0.05) is 18.9 Å². The molecule has 110 valence electrons. The second-order valence-corrected chi connectivity index (χ2v) is 6.46. The van der Waals surface area contributed by atoms with Crippen molar-refractivity contribution < 1.29 is 14.7 Å². The maximum atomic E-state index is 12.1. The standard InChI is InChI=1S/C14H20N2O3S/c15-14(5-1-2-6-14)9-12(17)16-10(8-13(18)19)11-4-3-7-20-11/h3-4,7,10H,1-2,5-6,8-9,15H2,(H,16,17)(H,18,19). The normalized spacial score (nSPS) is 18.6. The summed E-state index contributed by atoms with van der Waals surface area (Å²) in [7, 11) is 0. The van der Waals surface area contributed by atoms with Crippen molar-refractivity contribution in [2.24, 2.45) is 5.73 Å². The van der Waals surface area contributed by atoms with Gasteiger partial charge in [0.15, 0.2) is 0 Å². The first-order valence-electron chi connectivity index (χ1n) is 6.82. The molecule has 0 spiro atoms. The molecule has 1 aromatic heterocycles. The number of amides is 1. The molecule has 1 saturated carbocycles. The molecule has 0 saturated heterocycles. The molecule has 1 atom stereocenters. The van der Waals surface area contributed by atoms with Gasteiger partial charge >= 0.3 is 5.97 Å². The molecule has 1 amide bonds. The maximum Gasteiger partial charge on any atom is 0.305 e. The van der Waals surface area contributed by atoms with Gasteiger partial charge in [0.2, 0.25) is 5.91 Å². The number of aliphatic carboxylic acids is 1. The van der Waals surface area contributed by atoms with E-state index in [9.17, 15) is 9.59 Å². The lowest BCUT2D eigenvalue weighted by Gasteiger charge is -2.24. The average molecular weight is 296 g/mol. The minimum Gasteiger partial charge on any atom is -0.481 e. The lowest BCUT2D eigenvalue weighted by atomic mass is 9.94. The van der Waals surface area contributed by atoms with Crippen LogP contribution in [0.5, 0.6) is 0 Å². The Balaban J connectivity index is 1.96. The molecule has 1 aromatic rings. The van der Waals surface area contributed by atoms with Crippen LogP contribution in [0.2, 0.25) is 0 Å². The molecule has 5 nitrogen and oxygen atoms in total. The van der Waals surface area contributed by atoms with E-state index in [0.29, 0.717) is 0 Å². The fraction of sp³-hybridized carbons (Fsp3) is 0.571. The fourth-order valence-electron chi connectivity index (χ4n) is 2.71. The van der Waals surface area contributed by atoms with Crippen LogP contribution < -0.4 is 11.1 Å². The minimum atomic E-state index is -0.924. The Morgan fingerprint density at radius 2 is 2.15 bits per heavy atom. The van der Waals surface area contributed by atoms with E-state index in [2.05, 4.69) is 5.32 Å². The van der Waals surface area contributed by atoms with Crippen molar-refractivity contribution >= 4 is 23.2 Å². The molecule has 1 aliphatic rings. The molecular weight excluding hydrogens is 276 g/mol. The van der Waals surface area contributed by atoms with E-state index in [-0.39, 0.29) is 18.7 Å².